The van der Waals surface area contributed by atoms with E-state index in [-0.39, 0.29) is 57.5 Å². The Morgan fingerprint density at radius 1 is 0.895 bits per heavy atom. The summed E-state index contributed by atoms with van der Waals surface area (Å²) in [4.78, 5) is -0.698. The molecule has 4 aromatic rings. The van der Waals surface area contributed by atoms with Crippen LogP contribution in [0.25, 0.3) is 10.8 Å². The Labute approximate surface area is 245 Å². The number of hydrogen-bond acceptors (Lipinski definition) is 10. The van der Waals surface area contributed by atoms with Crippen LogP contribution in [0.2, 0.25) is 5.02 Å². The molecule has 3 N–H and O–H groups in total. The maximum absolute atomic E-state index is 13.1. The van der Waals surface area contributed by atoms with Gasteiger partial charge in [0.2, 0.25) is 0 Å². The van der Waals surface area contributed by atoms with Gasteiger partial charge in [-0.25, -0.2) is 0 Å². The van der Waals surface area contributed by atoms with Crippen molar-refractivity contribution in [2.75, 3.05) is 20.0 Å². The van der Waals surface area contributed by atoms with Crippen LogP contribution in [-0.2, 0) is 10.1 Å². The average Bonchev–Trinajstić information content (AvgIpc) is 2.86. The smallest absolute Gasteiger partial charge is 0.871 e. The number of nitrogen functional groups attached to an aromatic ring is 1. The summed E-state index contributed by atoms with van der Waals surface area (Å²) < 4.78 is 44.5. The molecule has 0 aliphatic heterocycles. The number of ether oxygens (including phenoxy) is 2. The van der Waals surface area contributed by atoms with Crippen LogP contribution < -0.4 is 49.9 Å². The van der Waals surface area contributed by atoms with Gasteiger partial charge in [-0.05, 0) is 47.2 Å². The van der Waals surface area contributed by atoms with E-state index in [9.17, 15) is 18.1 Å². The van der Waals surface area contributed by atoms with E-state index in [1.54, 1.807) is 24.3 Å². The van der Waals surface area contributed by atoms with Gasteiger partial charge in [-0.15, -0.1) is 15.3 Å². The molecule has 0 aliphatic rings. The van der Waals surface area contributed by atoms with E-state index < -0.39 is 26.5 Å². The van der Waals surface area contributed by atoms with E-state index in [1.807, 2.05) is 0 Å². The Balaban J connectivity index is 0.00000400. The van der Waals surface area contributed by atoms with Gasteiger partial charge < -0.3 is 20.3 Å². The Hall–Kier alpha value is -3.26. The van der Waals surface area contributed by atoms with Gasteiger partial charge in [-0.3, -0.25) is 4.55 Å². The van der Waals surface area contributed by atoms with Crippen LogP contribution in [0.15, 0.2) is 86.0 Å². The first-order valence-corrected chi connectivity index (χ1v) is 12.3. The largest absolute Gasteiger partial charge is 1.00 e. The summed E-state index contributed by atoms with van der Waals surface area (Å²) in [5.74, 6) is -0.362. The van der Waals surface area contributed by atoms with Crippen LogP contribution in [0.1, 0.15) is 0 Å². The molecule has 14 heteroatoms. The van der Waals surface area contributed by atoms with Crippen molar-refractivity contribution < 1.29 is 57.1 Å². The Morgan fingerprint density at radius 3 is 2.11 bits per heavy atom. The molecule has 0 heterocycles. The van der Waals surface area contributed by atoms with Crippen LogP contribution in [-0.4, -0.2) is 27.2 Å². The third-order valence-electron chi connectivity index (χ3n) is 5.15. The molecule has 0 amide bonds. The van der Waals surface area contributed by atoms with Crippen molar-refractivity contribution in [1.82, 2.24) is 0 Å². The first kappa shape index (κ1) is 29.3. The Kier molecular flexibility index (Phi) is 9.31. The molecule has 0 atom stereocenters. The molecule has 0 saturated carbocycles. The third-order valence-corrected chi connectivity index (χ3v) is 6.26. The molecule has 0 saturated heterocycles. The molecule has 4 aromatic carbocycles. The summed E-state index contributed by atoms with van der Waals surface area (Å²) in [5.41, 5.74) is 6.37. The second-order valence-corrected chi connectivity index (χ2v) is 9.41. The van der Waals surface area contributed by atoms with Gasteiger partial charge in [0.15, 0.2) is 0 Å². The number of nitrogens with zero attached hydrogens (tertiary/aromatic N) is 4. The van der Waals surface area contributed by atoms with Gasteiger partial charge in [0.25, 0.3) is 10.1 Å². The van der Waals surface area contributed by atoms with Gasteiger partial charge in [-0.2, -0.15) is 13.5 Å². The second-order valence-electron chi connectivity index (χ2n) is 7.58. The fraction of sp³-hybridized carbons (Fsp3) is 0.0833. The second kappa shape index (κ2) is 12.1. The quantitative estimate of drug-likeness (QED) is 0.150. The van der Waals surface area contributed by atoms with E-state index in [1.165, 1.54) is 44.6 Å². The van der Waals surface area contributed by atoms with Crippen LogP contribution >= 0.6 is 11.6 Å². The summed E-state index contributed by atoms with van der Waals surface area (Å²) in [5, 5.41) is 30.1. The van der Waals surface area contributed by atoms with Crippen molar-refractivity contribution >= 4 is 60.9 Å². The molecule has 0 bridgehead atoms. The predicted octanol–water partition coefficient (Wildman–Crippen LogP) is 3.25. The summed E-state index contributed by atoms with van der Waals surface area (Å²) in [6, 6.07) is 15.1. The SMILES string of the molecule is COc1cc(N=Nc2c(S(=O)(=O)O)cc3ccc(N)cc3c2[O-])c(OC)cc1N=Nc1cccc(Cl)c1.[Na+]. The maximum Gasteiger partial charge on any atom is 1.00 e. The molecule has 0 aromatic heterocycles. The molecule has 0 fully saturated rings. The maximum atomic E-state index is 13.1. The molecular formula is C24H19ClN5NaO6S. The van der Waals surface area contributed by atoms with Gasteiger partial charge in [-0.1, -0.05) is 29.5 Å². The minimum atomic E-state index is -4.81. The van der Waals surface area contributed by atoms with Crippen molar-refractivity contribution in [3.8, 4) is 17.2 Å². The van der Waals surface area contributed by atoms with Crippen molar-refractivity contribution in [1.29, 1.82) is 0 Å². The fourth-order valence-electron chi connectivity index (χ4n) is 3.41. The minimum Gasteiger partial charge on any atom is -0.871 e. The van der Waals surface area contributed by atoms with Crippen LogP contribution in [0.5, 0.6) is 17.2 Å². The average molecular weight is 564 g/mol. The molecule has 0 unspecified atom stereocenters. The van der Waals surface area contributed by atoms with Crippen LogP contribution in [0.3, 0.4) is 0 Å². The summed E-state index contributed by atoms with van der Waals surface area (Å²) in [6.07, 6.45) is 0. The van der Waals surface area contributed by atoms with Gasteiger partial charge in [0, 0.05) is 22.8 Å². The summed E-state index contributed by atoms with van der Waals surface area (Å²) in [7, 11) is -2.03. The van der Waals surface area contributed by atoms with Crippen LogP contribution in [0.4, 0.5) is 28.4 Å². The molecule has 38 heavy (non-hydrogen) atoms. The zero-order chi connectivity index (χ0) is 26.7. The predicted molar refractivity (Wildman–Crippen MR) is 137 cm³/mol. The first-order chi connectivity index (χ1) is 17.6. The Morgan fingerprint density at radius 2 is 1.53 bits per heavy atom. The normalized spacial score (nSPS) is 11.7. The van der Waals surface area contributed by atoms with Crippen LogP contribution in [0, 0.1) is 0 Å². The van der Waals surface area contributed by atoms with E-state index in [0.717, 1.165) is 6.07 Å². The van der Waals surface area contributed by atoms with Crippen molar-refractivity contribution in [2.24, 2.45) is 20.5 Å². The Bertz CT molecular complexity index is 1680. The molecule has 4 rings (SSSR count). The van der Waals surface area contributed by atoms with Crippen molar-refractivity contribution in [3.05, 3.63) is 65.7 Å². The number of fused-ring (bicyclic) bond motifs is 1. The zero-order valence-electron chi connectivity index (χ0n) is 20.4. The number of rotatable bonds is 7. The van der Waals surface area contributed by atoms with E-state index >= 15 is 0 Å². The number of nitrogens with two attached hydrogens (primary N) is 1. The number of halogens is 1. The van der Waals surface area contributed by atoms with E-state index in [0.29, 0.717) is 22.1 Å². The van der Waals surface area contributed by atoms with E-state index in [4.69, 9.17) is 26.8 Å². The monoisotopic (exact) mass is 563 g/mol. The number of azo groups is 2. The molecule has 11 nitrogen and oxygen atoms in total. The van der Waals surface area contributed by atoms with Gasteiger partial charge >= 0.3 is 29.6 Å². The molecule has 0 spiro atoms. The number of benzene rings is 4. The zero-order valence-corrected chi connectivity index (χ0v) is 24.0. The fourth-order valence-corrected chi connectivity index (χ4v) is 4.25. The number of hydrogen-bond donors (Lipinski definition) is 2. The van der Waals surface area contributed by atoms with Gasteiger partial charge in [0.1, 0.15) is 27.8 Å². The summed E-state index contributed by atoms with van der Waals surface area (Å²) >= 11 is 5.98. The first-order valence-electron chi connectivity index (χ1n) is 10.5. The van der Waals surface area contributed by atoms with E-state index in [2.05, 4.69) is 20.5 Å². The number of methoxy groups -OCH3 is 2. The third kappa shape index (κ3) is 6.41. The molecule has 190 valence electrons. The van der Waals surface area contributed by atoms with Crippen molar-refractivity contribution in [3.63, 3.8) is 0 Å². The molecule has 0 aliphatic carbocycles. The summed E-state index contributed by atoms with van der Waals surface area (Å²) in [6.45, 7) is 0. The van der Waals surface area contributed by atoms with Crippen molar-refractivity contribution in [2.45, 2.75) is 4.90 Å². The van der Waals surface area contributed by atoms with Gasteiger partial charge in [0.05, 0.1) is 25.6 Å². The molecule has 0 radical (unpaired) electrons. The minimum absolute atomic E-state index is 0. The standard InChI is InChI=1S/C24H20ClN5O6S.Na/c1-35-20-12-19(21(36-2)11-18(20)28-27-16-5-3-4-14(25)9-16)29-30-23-22(37(32,33)34)8-13-6-7-15(26)10-17(13)24(23)31;/h3-12,31H,26H2,1-2H3,(H,32,33,34);/q;+1/p-1. The topological polar surface area (TPSA) is 171 Å². The number of anilines is 1. The molecular weight excluding hydrogens is 545 g/mol.